The Bertz CT molecular complexity index is 1140. The maximum atomic E-state index is 12.6. The summed E-state index contributed by atoms with van der Waals surface area (Å²) in [5, 5.41) is 4.53. The lowest BCUT2D eigenvalue weighted by Gasteiger charge is -2.03. The summed E-state index contributed by atoms with van der Waals surface area (Å²) < 4.78 is 0. The average Bonchev–Trinajstić information content (AvgIpc) is 3.00. The van der Waals surface area contributed by atoms with E-state index in [4.69, 9.17) is 28.9 Å². The number of amides is 1. The molecule has 0 aliphatic heterocycles. The van der Waals surface area contributed by atoms with Crippen LogP contribution in [0.4, 0.5) is 11.4 Å². The molecule has 0 atom stereocenters. The molecule has 3 N–H and O–H groups in total. The highest BCUT2D eigenvalue weighted by Gasteiger charge is 2.18. The molecule has 3 heterocycles. The van der Waals surface area contributed by atoms with Gasteiger partial charge in [0.2, 0.25) is 0 Å². The van der Waals surface area contributed by atoms with Crippen LogP contribution in [0.5, 0.6) is 0 Å². The fourth-order valence-electron chi connectivity index (χ4n) is 2.58. The fourth-order valence-corrected chi connectivity index (χ4v) is 3.81. The SMILES string of the molecule is Nc1c(C(=O)Nc2ccc(Cl)nc2)sc2nc(-c3ccc(Cl)cc3)ccc12. The van der Waals surface area contributed by atoms with Crippen molar-refractivity contribution in [3.05, 3.63) is 69.8 Å². The summed E-state index contributed by atoms with van der Waals surface area (Å²) >= 11 is 12.9. The first kappa shape index (κ1) is 17.7. The van der Waals surface area contributed by atoms with Crippen molar-refractivity contribution in [1.29, 1.82) is 0 Å². The van der Waals surface area contributed by atoms with Gasteiger partial charge in [0.1, 0.15) is 14.9 Å². The molecule has 0 saturated carbocycles. The van der Waals surface area contributed by atoms with Crippen LogP contribution in [0, 0.1) is 0 Å². The molecule has 5 nitrogen and oxygen atoms in total. The van der Waals surface area contributed by atoms with Crippen molar-refractivity contribution in [3.8, 4) is 11.3 Å². The van der Waals surface area contributed by atoms with Crippen molar-refractivity contribution < 1.29 is 4.79 Å². The lowest BCUT2D eigenvalue weighted by Crippen LogP contribution is -2.12. The zero-order valence-electron chi connectivity index (χ0n) is 13.7. The van der Waals surface area contributed by atoms with E-state index in [2.05, 4.69) is 15.3 Å². The molecular formula is C19H12Cl2N4OS. The second kappa shape index (κ2) is 7.15. The number of aromatic nitrogens is 2. The van der Waals surface area contributed by atoms with E-state index in [0.717, 1.165) is 16.6 Å². The second-order valence-corrected chi connectivity index (χ2v) is 7.55. The Morgan fingerprint density at radius 2 is 1.81 bits per heavy atom. The van der Waals surface area contributed by atoms with Crippen LogP contribution in [-0.2, 0) is 0 Å². The van der Waals surface area contributed by atoms with E-state index in [9.17, 15) is 4.79 Å². The number of carbonyl (C=O) groups excluding carboxylic acids is 1. The van der Waals surface area contributed by atoms with Gasteiger partial charge >= 0.3 is 0 Å². The summed E-state index contributed by atoms with van der Waals surface area (Å²) in [4.78, 5) is 22.3. The minimum Gasteiger partial charge on any atom is -0.397 e. The summed E-state index contributed by atoms with van der Waals surface area (Å²) in [6, 6.07) is 14.4. The molecule has 1 aromatic carbocycles. The van der Waals surface area contributed by atoms with E-state index in [-0.39, 0.29) is 5.91 Å². The predicted octanol–water partition coefficient (Wildman–Crippen LogP) is 5.50. The normalized spacial score (nSPS) is 10.9. The lowest BCUT2D eigenvalue weighted by atomic mass is 10.1. The molecule has 1 amide bonds. The minimum atomic E-state index is -0.312. The van der Waals surface area contributed by atoms with Crippen molar-refractivity contribution in [2.24, 2.45) is 0 Å². The first-order chi connectivity index (χ1) is 13.0. The zero-order valence-corrected chi connectivity index (χ0v) is 16.1. The van der Waals surface area contributed by atoms with Gasteiger partial charge in [-0.1, -0.05) is 35.3 Å². The summed E-state index contributed by atoms with van der Waals surface area (Å²) in [7, 11) is 0. The van der Waals surface area contributed by atoms with E-state index in [1.54, 1.807) is 12.1 Å². The Balaban J connectivity index is 1.67. The predicted molar refractivity (Wildman–Crippen MR) is 112 cm³/mol. The maximum absolute atomic E-state index is 12.6. The average molecular weight is 415 g/mol. The molecule has 8 heteroatoms. The third kappa shape index (κ3) is 3.60. The third-order valence-corrected chi connectivity index (χ3v) is 5.51. The number of hydrogen-bond acceptors (Lipinski definition) is 5. The number of thiophene rings is 1. The van der Waals surface area contributed by atoms with Gasteiger partial charge in [-0.15, -0.1) is 11.3 Å². The van der Waals surface area contributed by atoms with Crippen molar-refractivity contribution in [3.63, 3.8) is 0 Å². The number of hydrogen-bond donors (Lipinski definition) is 2. The van der Waals surface area contributed by atoms with Crippen LogP contribution in [0.15, 0.2) is 54.7 Å². The smallest absolute Gasteiger partial charge is 0.267 e. The Hall–Kier alpha value is -2.67. The number of nitrogen functional groups attached to an aromatic ring is 1. The number of carbonyl (C=O) groups is 1. The van der Waals surface area contributed by atoms with E-state index >= 15 is 0 Å². The lowest BCUT2D eigenvalue weighted by molar-refractivity contribution is 0.103. The largest absolute Gasteiger partial charge is 0.397 e. The van der Waals surface area contributed by atoms with E-state index in [0.29, 0.717) is 31.3 Å². The van der Waals surface area contributed by atoms with Gasteiger partial charge in [0.25, 0.3) is 5.91 Å². The number of nitrogens with zero attached hydrogens (tertiary/aromatic N) is 2. The summed E-state index contributed by atoms with van der Waals surface area (Å²) in [6.07, 6.45) is 1.49. The Morgan fingerprint density at radius 3 is 2.52 bits per heavy atom. The first-order valence-corrected chi connectivity index (χ1v) is 9.46. The second-order valence-electron chi connectivity index (χ2n) is 5.72. The molecule has 4 rings (SSSR count). The third-order valence-electron chi connectivity index (χ3n) is 3.93. The van der Waals surface area contributed by atoms with Crippen LogP contribution in [0.25, 0.3) is 21.5 Å². The molecule has 0 spiro atoms. The van der Waals surface area contributed by atoms with Gasteiger partial charge in [0.15, 0.2) is 0 Å². The molecule has 0 aliphatic carbocycles. The number of nitrogens with two attached hydrogens (primary N) is 1. The molecule has 0 aliphatic rings. The van der Waals surface area contributed by atoms with Crippen LogP contribution in [0.2, 0.25) is 10.2 Å². The Labute approximate surface area is 168 Å². The number of pyridine rings is 2. The minimum absolute atomic E-state index is 0.312. The van der Waals surface area contributed by atoms with Crippen LogP contribution in [-0.4, -0.2) is 15.9 Å². The van der Waals surface area contributed by atoms with Crippen molar-refractivity contribution >= 4 is 62.0 Å². The number of halogens is 2. The van der Waals surface area contributed by atoms with Gasteiger partial charge in [-0.3, -0.25) is 4.79 Å². The molecule has 0 saturated heterocycles. The summed E-state index contributed by atoms with van der Waals surface area (Å²) in [5.74, 6) is -0.312. The van der Waals surface area contributed by atoms with E-state index < -0.39 is 0 Å². The Kier molecular flexibility index (Phi) is 4.70. The topological polar surface area (TPSA) is 80.9 Å². The number of fused-ring (bicyclic) bond motifs is 1. The van der Waals surface area contributed by atoms with Crippen molar-refractivity contribution in [2.75, 3.05) is 11.1 Å². The monoisotopic (exact) mass is 414 g/mol. The van der Waals surface area contributed by atoms with Crippen LogP contribution >= 0.6 is 34.5 Å². The molecule has 0 unspecified atom stereocenters. The molecule has 134 valence electrons. The first-order valence-electron chi connectivity index (χ1n) is 7.89. The van der Waals surface area contributed by atoms with Gasteiger partial charge in [-0.2, -0.15) is 0 Å². The molecule has 0 radical (unpaired) electrons. The van der Waals surface area contributed by atoms with E-state index in [1.807, 2.05) is 36.4 Å². The van der Waals surface area contributed by atoms with Gasteiger partial charge in [0, 0.05) is 16.0 Å². The fraction of sp³-hybridized carbons (Fsp3) is 0. The van der Waals surface area contributed by atoms with Gasteiger partial charge in [-0.05, 0) is 36.4 Å². The van der Waals surface area contributed by atoms with Crippen molar-refractivity contribution in [1.82, 2.24) is 9.97 Å². The summed E-state index contributed by atoms with van der Waals surface area (Å²) in [6.45, 7) is 0. The van der Waals surface area contributed by atoms with Crippen molar-refractivity contribution in [2.45, 2.75) is 0 Å². The maximum Gasteiger partial charge on any atom is 0.267 e. The highest BCUT2D eigenvalue weighted by Crippen LogP contribution is 2.34. The number of nitrogens with one attached hydrogen (secondary N) is 1. The molecular weight excluding hydrogens is 403 g/mol. The number of benzene rings is 1. The van der Waals surface area contributed by atoms with Gasteiger partial charge in [-0.25, -0.2) is 9.97 Å². The van der Waals surface area contributed by atoms with Gasteiger partial charge < -0.3 is 11.1 Å². The molecule has 27 heavy (non-hydrogen) atoms. The van der Waals surface area contributed by atoms with Crippen LogP contribution < -0.4 is 11.1 Å². The molecule has 0 fully saturated rings. The molecule has 0 bridgehead atoms. The van der Waals surface area contributed by atoms with Crippen LogP contribution in [0.1, 0.15) is 9.67 Å². The highest BCUT2D eigenvalue weighted by molar-refractivity contribution is 7.21. The quantitative estimate of drug-likeness (QED) is 0.433. The Morgan fingerprint density at radius 1 is 1.04 bits per heavy atom. The number of anilines is 2. The van der Waals surface area contributed by atoms with Gasteiger partial charge in [0.05, 0.1) is 23.3 Å². The standard InChI is InChI=1S/C19H12Cl2N4OS/c20-11-3-1-10(2-4-11)14-7-6-13-16(22)17(27-19(13)25-14)18(26)24-12-5-8-15(21)23-9-12/h1-9H,22H2,(H,24,26). The molecule has 3 aromatic heterocycles. The highest BCUT2D eigenvalue weighted by atomic mass is 35.5. The summed E-state index contributed by atoms with van der Waals surface area (Å²) in [5.41, 5.74) is 8.85. The molecule has 4 aromatic rings. The zero-order chi connectivity index (χ0) is 19.0. The van der Waals surface area contributed by atoms with E-state index in [1.165, 1.54) is 17.5 Å². The van der Waals surface area contributed by atoms with Crippen LogP contribution in [0.3, 0.4) is 0 Å². The number of rotatable bonds is 3.